The van der Waals surface area contributed by atoms with Crippen LogP contribution in [0.2, 0.25) is 0 Å². The van der Waals surface area contributed by atoms with Gasteiger partial charge in [0, 0.05) is 24.7 Å². The van der Waals surface area contributed by atoms with Gasteiger partial charge in [-0.25, -0.2) is 4.79 Å². The molecule has 23 heavy (non-hydrogen) atoms. The van der Waals surface area contributed by atoms with Crippen molar-refractivity contribution in [3.8, 4) is 0 Å². The first-order valence-electron chi connectivity index (χ1n) is 7.44. The Morgan fingerprint density at radius 3 is 2.39 bits per heavy atom. The molecule has 0 heterocycles. The number of rotatable bonds is 6. The van der Waals surface area contributed by atoms with E-state index in [2.05, 4.69) is 10.6 Å². The summed E-state index contributed by atoms with van der Waals surface area (Å²) in [4.78, 5) is 22.4. The number of carbonyl (C=O) groups excluding carboxylic acids is 1. The molecule has 0 atom stereocenters. The molecule has 0 aliphatic heterocycles. The maximum absolute atomic E-state index is 11.8. The fraction of sp³-hybridized carbons (Fsp3) is 0.562. The Balaban J connectivity index is 2.54. The summed E-state index contributed by atoms with van der Waals surface area (Å²) < 4.78 is 5.22. The summed E-state index contributed by atoms with van der Waals surface area (Å²) >= 11 is 0. The highest BCUT2D eigenvalue weighted by Gasteiger charge is 2.24. The van der Waals surface area contributed by atoms with E-state index >= 15 is 0 Å². The van der Waals surface area contributed by atoms with E-state index in [-0.39, 0.29) is 5.69 Å². The molecule has 0 spiro atoms. The number of ether oxygens (including phenoxy) is 1. The lowest BCUT2D eigenvalue weighted by Gasteiger charge is -2.29. The Morgan fingerprint density at radius 1 is 1.22 bits per heavy atom. The molecule has 2 N–H and O–H groups in total. The van der Waals surface area contributed by atoms with Gasteiger partial charge < -0.3 is 15.4 Å². The van der Waals surface area contributed by atoms with Gasteiger partial charge in [0.1, 0.15) is 5.60 Å². The highest BCUT2D eigenvalue weighted by molar-refractivity contribution is 5.68. The maximum atomic E-state index is 11.8. The predicted molar refractivity (Wildman–Crippen MR) is 88.3 cm³/mol. The number of hydrogen-bond acceptors (Lipinski definition) is 5. The molecular formula is C16H25N3O4. The summed E-state index contributed by atoms with van der Waals surface area (Å²) in [6.07, 6.45) is -0.491. The SMILES string of the molecule is CC(C)(CNCc1ccccc1[N+](=O)[O-])NC(=O)OC(C)(C)C. The summed E-state index contributed by atoms with van der Waals surface area (Å²) in [6, 6.07) is 6.57. The normalized spacial score (nSPS) is 11.9. The van der Waals surface area contributed by atoms with Gasteiger partial charge in [-0.05, 0) is 34.6 Å². The number of alkyl carbamates (subject to hydrolysis) is 1. The van der Waals surface area contributed by atoms with Crippen molar-refractivity contribution in [2.45, 2.75) is 52.3 Å². The Hall–Kier alpha value is -2.15. The van der Waals surface area contributed by atoms with Crippen LogP contribution in [0.5, 0.6) is 0 Å². The number of nitro groups is 1. The molecule has 128 valence electrons. The number of hydrogen-bond donors (Lipinski definition) is 2. The van der Waals surface area contributed by atoms with E-state index in [4.69, 9.17) is 4.74 Å². The number of benzene rings is 1. The molecule has 1 rings (SSSR count). The lowest BCUT2D eigenvalue weighted by atomic mass is 10.1. The van der Waals surface area contributed by atoms with E-state index in [0.29, 0.717) is 18.7 Å². The van der Waals surface area contributed by atoms with E-state index in [1.54, 1.807) is 39.0 Å². The number of nitrogens with zero attached hydrogens (tertiary/aromatic N) is 1. The molecule has 1 aromatic carbocycles. The Morgan fingerprint density at radius 2 is 1.83 bits per heavy atom. The molecule has 0 radical (unpaired) electrons. The van der Waals surface area contributed by atoms with E-state index in [0.717, 1.165) is 0 Å². The van der Waals surface area contributed by atoms with Crippen molar-refractivity contribution >= 4 is 11.8 Å². The van der Waals surface area contributed by atoms with Gasteiger partial charge in [-0.15, -0.1) is 0 Å². The van der Waals surface area contributed by atoms with Crippen molar-refractivity contribution in [2.75, 3.05) is 6.54 Å². The molecule has 7 nitrogen and oxygen atoms in total. The zero-order chi connectivity index (χ0) is 17.7. The zero-order valence-corrected chi connectivity index (χ0v) is 14.3. The fourth-order valence-electron chi connectivity index (χ4n) is 1.97. The second kappa shape index (κ2) is 7.41. The fourth-order valence-corrected chi connectivity index (χ4v) is 1.97. The molecule has 0 saturated carbocycles. The molecular weight excluding hydrogens is 298 g/mol. The average molecular weight is 323 g/mol. The van der Waals surface area contributed by atoms with Gasteiger partial charge in [-0.3, -0.25) is 10.1 Å². The smallest absolute Gasteiger partial charge is 0.408 e. The Kier molecular flexibility index (Phi) is 6.09. The first kappa shape index (κ1) is 18.9. The average Bonchev–Trinajstić information content (AvgIpc) is 2.35. The number of amides is 1. The summed E-state index contributed by atoms with van der Waals surface area (Å²) in [5.74, 6) is 0. The second-order valence-electron chi connectivity index (χ2n) is 7.00. The molecule has 0 bridgehead atoms. The molecule has 0 aliphatic carbocycles. The Bertz CT molecular complexity index is 565. The van der Waals surface area contributed by atoms with Crippen LogP contribution in [0.3, 0.4) is 0 Å². The van der Waals surface area contributed by atoms with Crippen molar-refractivity contribution < 1.29 is 14.5 Å². The van der Waals surface area contributed by atoms with Crippen molar-refractivity contribution in [1.82, 2.24) is 10.6 Å². The molecule has 1 aromatic rings. The van der Waals surface area contributed by atoms with Crippen LogP contribution >= 0.6 is 0 Å². The molecule has 0 aliphatic rings. The quantitative estimate of drug-likeness (QED) is 0.620. The van der Waals surface area contributed by atoms with Crippen LogP contribution < -0.4 is 10.6 Å². The van der Waals surface area contributed by atoms with Crippen molar-refractivity contribution in [1.29, 1.82) is 0 Å². The van der Waals surface area contributed by atoms with E-state index in [1.165, 1.54) is 6.07 Å². The third kappa shape index (κ3) is 7.10. The van der Waals surface area contributed by atoms with Gasteiger partial charge in [0.05, 0.1) is 10.5 Å². The van der Waals surface area contributed by atoms with Crippen LogP contribution in [0.15, 0.2) is 24.3 Å². The van der Waals surface area contributed by atoms with Gasteiger partial charge in [0.25, 0.3) is 5.69 Å². The van der Waals surface area contributed by atoms with Crippen LogP contribution in [0.25, 0.3) is 0 Å². The highest BCUT2D eigenvalue weighted by atomic mass is 16.6. The second-order valence-corrected chi connectivity index (χ2v) is 7.00. The first-order valence-corrected chi connectivity index (χ1v) is 7.44. The molecule has 7 heteroatoms. The first-order chi connectivity index (χ1) is 10.5. The van der Waals surface area contributed by atoms with Gasteiger partial charge in [0.2, 0.25) is 0 Å². The van der Waals surface area contributed by atoms with E-state index < -0.39 is 22.2 Å². The van der Waals surface area contributed by atoms with Gasteiger partial charge in [-0.1, -0.05) is 18.2 Å². The minimum atomic E-state index is -0.557. The van der Waals surface area contributed by atoms with Crippen molar-refractivity contribution in [3.63, 3.8) is 0 Å². The monoisotopic (exact) mass is 323 g/mol. The van der Waals surface area contributed by atoms with Gasteiger partial charge in [-0.2, -0.15) is 0 Å². The standard InChI is InChI=1S/C16H25N3O4/c1-15(2,3)23-14(20)18-16(4,5)11-17-10-12-8-6-7-9-13(12)19(21)22/h6-9,17H,10-11H2,1-5H3,(H,18,20). The largest absolute Gasteiger partial charge is 0.444 e. The van der Waals surface area contributed by atoms with E-state index in [9.17, 15) is 14.9 Å². The molecule has 0 unspecified atom stereocenters. The van der Waals surface area contributed by atoms with Crippen LogP contribution in [-0.2, 0) is 11.3 Å². The zero-order valence-electron chi connectivity index (χ0n) is 14.3. The summed E-state index contributed by atoms with van der Waals surface area (Å²) in [7, 11) is 0. The number of para-hydroxylation sites is 1. The van der Waals surface area contributed by atoms with Crippen LogP contribution in [0.1, 0.15) is 40.2 Å². The molecule has 0 saturated heterocycles. The third-order valence-corrected chi connectivity index (χ3v) is 2.91. The minimum absolute atomic E-state index is 0.0814. The predicted octanol–water partition coefficient (Wildman–Crippen LogP) is 2.99. The number of nitro benzene ring substituents is 1. The van der Waals surface area contributed by atoms with Gasteiger partial charge in [0.15, 0.2) is 0 Å². The maximum Gasteiger partial charge on any atom is 0.408 e. The summed E-state index contributed by atoms with van der Waals surface area (Å²) in [6.45, 7) is 9.88. The lowest BCUT2D eigenvalue weighted by Crippen LogP contribution is -2.51. The lowest BCUT2D eigenvalue weighted by molar-refractivity contribution is -0.385. The molecule has 0 aromatic heterocycles. The Labute approximate surface area is 136 Å². The number of carbonyl (C=O) groups is 1. The molecule has 1 amide bonds. The van der Waals surface area contributed by atoms with Crippen LogP contribution in [0, 0.1) is 10.1 Å². The highest BCUT2D eigenvalue weighted by Crippen LogP contribution is 2.17. The van der Waals surface area contributed by atoms with Crippen molar-refractivity contribution in [3.05, 3.63) is 39.9 Å². The third-order valence-electron chi connectivity index (χ3n) is 2.91. The van der Waals surface area contributed by atoms with Gasteiger partial charge >= 0.3 is 6.09 Å². The number of nitrogens with one attached hydrogen (secondary N) is 2. The van der Waals surface area contributed by atoms with Crippen molar-refractivity contribution in [2.24, 2.45) is 0 Å². The minimum Gasteiger partial charge on any atom is -0.444 e. The summed E-state index contributed by atoms with van der Waals surface area (Å²) in [5, 5.41) is 16.9. The van der Waals surface area contributed by atoms with Crippen LogP contribution in [-0.4, -0.2) is 28.7 Å². The topological polar surface area (TPSA) is 93.5 Å². The van der Waals surface area contributed by atoms with E-state index in [1.807, 2.05) is 13.8 Å². The van der Waals surface area contributed by atoms with Crippen LogP contribution in [0.4, 0.5) is 10.5 Å². The molecule has 0 fully saturated rings. The summed E-state index contributed by atoms with van der Waals surface area (Å²) in [5.41, 5.74) is -0.423.